The molecule has 0 saturated heterocycles. The van der Waals surface area contributed by atoms with Crippen LogP contribution < -0.4 is 16.8 Å². The van der Waals surface area contributed by atoms with Gasteiger partial charge in [-0.25, -0.2) is 4.79 Å². The summed E-state index contributed by atoms with van der Waals surface area (Å²) in [5.74, 6) is -0.208. The maximum absolute atomic E-state index is 11.4. The number of aliphatic hydroxyl groups is 1. The van der Waals surface area contributed by atoms with E-state index in [9.17, 15) is 4.79 Å². The van der Waals surface area contributed by atoms with E-state index in [1.165, 1.54) is 12.2 Å². The number of alkyl carbamates (subject to hydrolysis) is 1. The third-order valence-electron chi connectivity index (χ3n) is 1.91. The third-order valence-corrected chi connectivity index (χ3v) is 1.91. The van der Waals surface area contributed by atoms with Gasteiger partial charge in [-0.05, 0) is 32.9 Å². The van der Waals surface area contributed by atoms with Gasteiger partial charge in [0.1, 0.15) is 5.60 Å². The molecule has 0 heterocycles. The quantitative estimate of drug-likeness (QED) is 0.159. The van der Waals surface area contributed by atoms with Crippen molar-refractivity contribution in [3.63, 3.8) is 0 Å². The lowest BCUT2D eigenvalue weighted by atomic mass is 10.2. The van der Waals surface area contributed by atoms with Gasteiger partial charge in [0.25, 0.3) is 0 Å². The number of carbonyl (C=O) groups is 1. The van der Waals surface area contributed by atoms with Crippen molar-refractivity contribution in [2.45, 2.75) is 32.8 Å². The first-order valence-electron chi connectivity index (χ1n) is 6.41. The molecule has 8 heteroatoms. The van der Waals surface area contributed by atoms with Gasteiger partial charge < -0.3 is 26.0 Å². The monoisotopic (exact) mass is 300 g/mol. The normalized spacial score (nSPS) is 12.8. The van der Waals surface area contributed by atoms with E-state index in [2.05, 4.69) is 5.32 Å². The Balaban J connectivity index is 4.39. The van der Waals surface area contributed by atoms with E-state index in [-0.39, 0.29) is 30.6 Å². The van der Waals surface area contributed by atoms with E-state index in [4.69, 9.17) is 31.5 Å². The number of hydrogen-bond donors (Lipinski definition) is 5. The fourth-order valence-corrected chi connectivity index (χ4v) is 1.04. The minimum Gasteiger partial charge on any atom is -0.479 e. The number of amidine groups is 1. The van der Waals surface area contributed by atoms with Crippen LogP contribution in [-0.2, 0) is 9.47 Å². The van der Waals surface area contributed by atoms with Crippen LogP contribution in [0.4, 0.5) is 4.79 Å². The molecule has 0 aromatic carbocycles. The third kappa shape index (κ3) is 10.3. The van der Waals surface area contributed by atoms with Crippen molar-refractivity contribution in [2.24, 2.45) is 11.5 Å². The molecule has 0 fully saturated rings. The standard InChI is InChI=1S/C13H24N4O4/c1-13(2,3)21-12(19)17-11(16)9(14)5-6-10(15)20-8-4-7-18/h5-6,18H,4,7-8,14-15H2,1-3H3,(H2,16,17,19)/b9-5-,10-6+. The smallest absolute Gasteiger partial charge is 0.413 e. The molecule has 120 valence electrons. The summed E-state index contributed by atoms with van der Waals surface area (Å²) >= 11 is 0. The Morgan fingerprint density at radius 1 is 1.33 bits per heavy atom. The molecule has 0 aromatic rings. The van der Waals surface area contributed by atoms with Crippen molar-refractivity contribution >= 4 is 11.9 Å². The maximum atomic E-state index is 11.4. The molecule has 1 amide bonds. The van der Waals surface area contributed by atoms with Gasteiger partial charge in [0.05, 0.1) is 12.3 Å². The molecule has 0 atom stereocenters. The summed E-state index contributed by atoms with van der Waals surface area (Å²) < 4.78 is 10.0. The Morgan fingerprint density at radius 2 is 1.95 bits per heavy atom. The van der Waals surface area contributed by atoms with Crippen molar-refractivity contribution in [3.05, 3.63) is 23.7 Å². The molecule has 0 aliphatic heterocycles. The van der Waals surface area contributed by atoms with Gasteiger partial charge in [0.2, 0.25) is 0 Å². The summed E-state index contributed by atoms with van der Waals surface area (Å²) in [6.45, 7) is 5.42. The van der Waals surface area contributed by atoms with Crippen molar-refractivity contribution in [2.75, 3.05) is 13.2 Å². The highest BCUT2D eigenvalue weighted by Gasteiger charge is 2.17. The van der Waals surface area contributed by atoms with Gasteiger partial charge >= 0.3 is 6.09 Å². The van der Waals surface area contributed by atoms with E-state index in [1.54, 1.807) is 20.8 Å². The zero-order chi connectivity index (χ0) is 16.5. The summed E-state index contributed by atoms with van der Waals surface area (Å²) in [6, 6.07) is 0. The Morgan fingerprint density at radius 3 is 2.48 bits per heavy atom. The Bertz CT molecular complexity index is 424. The second kappa shape index (κ2) is 8.85. The number of nitrogens with one attached hydrogen (secondary N) is 2. The van der Waals surface area contributed by atoms with Crippen LogP contribution in [0.2, 0.25) is 0 Å². The van der Waals surface area contributed by atoms with Crippen LogP contribution in [0.3, 0.4) is 0 Å². The summed E-state index contributed by atoms with van der Waals surface area (Å²) in [4.78, 5) is 11.4. The minimum absolute atomic E-state index is 0.00503. The minimum atomic E-state index is -0.764. The highest BCUT2D eigenvalue weighted by molar-refractivity contribution is 6.03. The molecule has 0 spiro atoms. The lowest BCUT2D eigenvalue weighted by molar-refractivity contribution is 0.0563. The fourth-order valence-electron chi connectivity index (χ4n) is 1.04. The molecular formula is C13H24N4O4. The first-order chi connectivity index (χ1) is 9.65. The highest BCUT2D eigenvalue weighted by atomic mass is 16.6. The van der Waals surface area contributed by atoms with E-state index in [0.29, 0.717) is 6.42 Å². The van der Waals surface area contributed by atoms with Gasteiger partial charge in [0.15, 0.2) is 11.7 Å². The van der Waals surface area contributed by atoms with Crippen LogP contribution >= 0.6 is 0 Å². The summed E-state index contributed by atoms with van der Waals surface area (Å²) in [7, 11) is 0. The lowest BCUT2D eigenvalue weighted by Gasteiger charge is -2.19. The number of allylic oxidation sites excluding steroid dienone is 2. The van der Waals surface area contributed by atoms with E-state index in [1.807, 2.05) is 0 Å². The largest absolute Gasteiger partial charge is 0.479 e. The zero-order valence-electron chi connectivity index (χ0n) is 12.6. The van der Waals surface area contributed by atoms with Crippen molar-refractivity contribution in [1.29, 1.82) is 5.41 Å². The predicted molar refractivity (Wildman–Crippen MR) is 79.3 cm³/mol. The fraction of sp³-hybridized carbons (Fsp3) is 0.538. The Hall–Kier alpha value is -2.22. The molecule has 0 saturated carbocycles. The lowest BCUT2D eigenvalue weighted by Crippen LogP contribution is -2.38. The van der Waals surface area contributed by atoms with Gasteiger partial charge in [-0.15, -0.1) is 0 Å². The number of ether oxygens (including phenoxy) is 2. The molecule has 0 rings (SSSR count). The van der Waals surface area contributed by atoms with E-state index >= 15 is 0 Å². The van der Waals surface area contributed by atoms with Crippen LogP contribution in [-0.4, -0.2) is 35.9 Å². The van der Waals surface area contributed by atoms with Crippen molar-refractivity contribution in [3.8, 4) is 0 Å². The number of hydrogen-bond acceptors (Lipinski definition) is 7. The van der Waals surface area contributed by atoms with Crippen molar-refractivity contribution < 1.29 is 19.4 Å². The molecule has 0 aliphatic carbocycles. The van der Waals surface area contributed by atoms with Crippen LogP contribution in [0.5, 0.6) is 0 Å². The van der Waals surface area contributed by atoms with Crippen molar-refractivity contribution in [1.82, 2.24) is 5.32 Å². The summed E-state index contributed by atoms with van der Waals surface area (Å²) in [6.07, 6.45) is 2.38. The van der Waals surface area contributed by atoms with Gasteiger partial charge in [0, 0.05) is 13.0 Å². The second-order valence-corrected chi connectivity index (χ2v) is 5.12. The van der Waals surface area contributed by atoms with Crippen LogP contribution in [0.1, 0.15) is 27.2 Å². The molecule has 0 unspecified atom stereocenters. The number of aliphatic hydroxyl groups excluding tert-OH is 1. The van der Waals surface area contributed by atoms with E-state index < -0.39 is 11.7 Å². The summed E-state index contributed by atoms with van der Waals surface area (Å²) in [5.41, 5.74) is 10.5. The maximum Gasteiger partial charge on any atom is 0.413 e. The highest BCUT2D eigenvalue weighted by Crippen LogP contribution is 2.06. The van der Waals surface area contributed by atoms with Crippen LogP contribution in [0.25, 0.3) is 0 Å². The predicted octanol–water partition coefficient (Wildman–Crippen LogP) is 0.530. The first-order valence-corrected chi connectivity index (χ1v) is 6.41. The number of rotatable bonds is 6. The Kier molecular flexibility index (Phi) is 7.92. The molecule has 0 aromatic heterocycles. The SMILES string of the molecule is CC(C)(C)OC(=O)NC(=N)/C(N)=C/C=C(\N)OCCCO. The van der Waals surface area contributed by atoms with Gasteiger partial charge in [-0.2, -0.15) is 0 Å². The summed E-state index contributed by atoms with van der Waals surface area (Å²) in [5, 5.41) is 18.4. The average Bonchev–Trinajstić information content (AvgIpc) is 2.33. The molecule has 0 radical (unpaired) electrons. The number of amides is 1. The number of nitrogens with two attached hydrogens (primary N) is 2. The molecule has 0 aliphatic rings. The molecule has 0 bridgehead atoms. The Labute approximate surface area is 124 Å². The molecule has 21 heavy (non-hydrogen) atoms. The second-order valence-electron chi connectivity index (χ2n) is 5.12. The molecule has 8 nitrogen and oxygen atoms in total. The van der Waals surface area contributed by atoms with Gasteiger partial charge in [-0.1, -0.05) is 0 Å². The van der Waals surface area contributed by atoms with E-state index in [0.717, 1.165) is 0 Å². The van der Waals surface area contributed by atoms with Crippen LogP contribution in [0, 0.1) is 5.41 Å². The number of carbonyl (C=O) groups excluding carboxylic acids is 1. The van der Waals surface area contributed by atoms with Crippen LogP contribution in [0.15, 0.2) is 23.7 Å². The zero-order valence-corrected chi connectivity index (χ0v) is 12.6. The van der Waals surface area contributed by atoms with Gasteiger partial charge in [-0.3, -0.25) is 10.7 Å². The molecule has 7 N–H and O–H groups in total. The topological polar surface area (TPSA) is 144 Å². The first kappa shape index (κ1) is 18.8. The average molecular weight is 300 g/mol. The molecular weight excluding hydrogens is 276 g/mol.